The van der Waals surface area contributed by atoms with Crippen LogP contribution in [-0.4, -0.2) is 13.1 Å². The van der Waals surface area contributed by atoms with E-state index in [0.717, 1.165) is 15.3 Å². The summed E-state index contributed by atoms with van der Waals surface area (Å²) in [7, 11) is 1.37. The zero-order valence-electron chi connectivity index (χ0n) is 10.4. The van der Waals surface area contributed by atoms with Gasteiger partial charge < -0.3 is 10.5 Å². The minimum Gasteiger partial charge on any atom is -0.465 e. The molecule has 0 unspecified atom stereocenters. The van der Waals surface area contributed by atoms with Gasteiger partial charge in [-0.3, -0.25) is 0 Å². The standard InChI is InChI=1S/C13H11NO2S3/c1-6-10(14)12(13(15)16-2)19-11(6)9-5-8-7(18-9)3-4-17-8/h3-5H,14H2,1-2H3. The maximum Gasteiger partial charge on any atom is 0.350 e. The number of carbonyl (C=O) groups excluding carboxylic acids is 1. The molecule has 3 nitrogen and oxygen atoms in total. The maximum absolute atomic E-state index is 11.7. The Morgan fingerprint density at radius 3 is 2.79 bits per heavy atom. The number of methoxy groups -OCH3 is 1. The van der Waals surface area contributed by atoms with Crippen molar-refractivity contribution in [2.75, 3.05) is 12.8 Å². The van der Waals surface area contributed by atoms with Crippen LogP contribution in [0.3, 0.4) is 0 Å². The van der Waals surface area contributed by atoms with E-state index in [2.05, 4.69) is 17.5 Å². The van der Waals surface area contributed by atoms with Gasteiger partial charge in [0, 0.05) is 14.3 Å². The lowest BCUT2D eigenvalue weighted by Crippen LogP contribution is -2.01. The van der Waals surface area contributed by atoms with Gasteiger partial charge in [-0.1, -0.05) is 0 Å². The Morgan fingerprint density at radius 1 is 1.32 bits per heavy atom. The molecule has 19 heavy (non-hydrogen) atoms. The molecule has 0 radical (unpaired) electrons. The number of nitrogen functional groups attached to an aromatic ring is 1. The molecule has 0 aliphatic heterocycles. The van der Waals surface area contributed by atoms with Crippen molar-refractivity contribution in [1.29, 1.82) is 0 Å². The number of anilines is 1. The summed E-state index contributed by atoms with van der Waals surface area (Å²) in [5, 5.41) is 2.08. The highest BCUT2D eigenvalue weighted by Gasteiger charge is 2.21. The lowest BCUT2D eigenvalue weighted by atomic mass is 10.2. The molecule has 0 atom stereocenters. The molecule has 3 heterocycles. The number of thiophene rings is 3. The van der Waals surface area contributed by atoms with E-state index < -0.39 is 0 Å². The van der Waals surface area contributed by atoms with Crippen LogP contribution in [-0.2, 0) is 4.74 Å². The smallest absolute Gasteiger partial charge is 0.350 e. The second-order valence-electron chi connectivity index (χ2n) is 4.05. The number of esters is 1. The van der Waals surface area contributed by atoms with Crippen LogP contribution in [0.5, 0.6) is 0 Å². The van der Waals surface area contributed by atoms with Crippen molar-refractivity contribution in [2.24, 2.45) is 0 Å². The van der Waals surface area contributed by atoms with Crippen molar-refractivity contribution < 1.29 is 9.53 Å². The van der Waals surface area contributed by atoms with Crippen molar-refractivity contribution in [2.45, 2.75) is 6.92 Å². The summed E-state index contributed by atoms with van der Waals surface area (Å²) in [6, 6.07) is 4.27. The fourth-order valence-electron chi connectivity index (χ4n) is 1.88. The van der Waals surface area contributed by atoms with Gasteiger partial charge in [-0.25, -0.2) is 4.79 Å². The van der Waals surface area contributed by atoms with Crippen molar-refractivity contribution in [3.05, 3.63) is 28.0 Å². The number of carbonyl (C=O) groups is 1. The SMILES string of the molecule is COC(=O)c1sc(-c2cc3sccc3s2)c(C)c1N. The van der Waals surface area contributed by atoms with E-state index in [1.165, 1.54) is 27.8 Å². The molecule has 98 valence electrons. The van der Waals surface area contributed by atoms with E-state index in [-0.39, 0.29) is 5.97 Å². The summed E-state index contributed by atoms with van der Waals surface area (Å²) in [5.41, 5.74) is 7.49. The van der Waals surface area contributed by atoms with Gasteiger partial charge in [-0.05, 0) is 30.0 Å². The number of hydrogen-bond donors (Lipinski definition) is 1. The number of rotatable bonds is 2. The average molecular weight is 309 g/mol. The number of fused-ring (bicyclic) bond motifs is 1. The van der Waals surface area contributed by atoms with Crippen LogP contribution in [0, 0.1) is 6.92 Å². The summed E-state index contributed by atoms with van der Waals surface area (Å²) in [5.74, 6) is -0.366. The van der Waals surface area contributed by atoms with Gasteiger partial charge in [0.15, 0.2) is 0 Å². The molecule has 0 aliphatic rings. The molecule has 6 heteroatoms. The van der Waals surface area contributed by atoms with E-state index >= 15 is 0 Å². The zero-order valence-corrected chi connectivity index (χ0v) is 12.8. The first kappa shape index (κ1) is 12.7. The van der Waals surface area contributed by atoms with Gasteiger partial charge in [-0.2, -0.15) is 0 Å². The summed E-state index contributed by atoms with van der Waals surface area (Å²) in [4.78, 5) is 14.4. The average Bonchev–Trinajstić information content (AvgIpc) is 3.04. The Labute approximate surface area is 122 Å². The predicted octanol–water partition coefficient (Wildman–Crippen LogP) is 4.37. The normalized spacial score (nSPS) is 11.1. The highest BCUT2D eigenvalue weighted by molar-refractivity contribution is 7.31. The molecule has 3 aromatic heterocycles. The Bertz CT molecular complexity index is 738. The van der Waals surface area contributed by atoms with Crippen LogP contribution in [0.2, 0.25) is 0 Å². The van der Waals surface area contributed by atoms with Crippen LogP contribution in [0.1, 0.15) is 15.2 Å². The Kier molecular flexibility index (Phi) is 3.08. The first-order chi connectivity index (χ1) is 9.11. The van der Waals surface area contributed by atoms with Crippen LogP contribution in [0.25, 0.3) is 19.2 Å². The first-order valence-electron chi connectivity index (χ1n) is 5.56. The van der Waals surface area contributed by atoms with Gasteiger partial charge in [0.1, 0.15) is 4.88 Å². The monoisotopic (exact) mass is 309 g/mol. The largest absolute Gasteiger partial charge is 0.465 e. The molecule has 0 bridgehead atoms. The second-order valence-corrected chi connectivity index (χ2v) is 7.10. The van der Waals surface area contributed by atoms with Gasteiger partial charge in [-0.15, -0.1) is 34.0 Å². The first-order valence-corrected chi connectivity index (χ1v) is 8.07. The lowest BCUT2D eigenvalue weighted by Gasteiger charge is -1.96. The Balaban J connectivity index is 2.15. The molecule has 0 saturated heterocycles. The molecule has 0 amide bonds. The fourth-order valence-corrected chi connectivity index (χ4v) is 5.30. The third-order valence-corrected chi connectivity index (χ3v) is 6.49. The van der Waals surface area contributed by atoms with Gasteiger partial charge in [0.2, 0.25) is 0 Å². The summed E-state index contributed by atoms with van der Waals surface area (Å²) < 4.78 is 7.30. The zero-order chi connectivity index (χ0) is 13.6. The molecule has 0 aliphatic carbocycles. The van der Waals surface area contributed by atoms with Gasteiger partial charge >= 0.3 is 5.97 Å². The lowest BCUT2D eigenvalue weighted by molar-refractivity contribution is 0.0607. The van der Waals surface area contributed by atoms with Crippen LogP contribution < -0.4 is 5.73 Å². The Hall–Kier alpha value is -1.37. The second kappa shape index (κ2) is 4.63. The molecule has 3 aromatic rings. The number of nitrogens with two attached hydrogens (primary N) is 1. The van der Waals surface area contributed by atoms with Crippen molar-refractivity contribution in [1.82, 2.24) is 0 Å². The maximum atomic E-state index is 11.7. The fraction of sp³-hybridized carbons (Fsp3) is 0.154. The van der Waals surface area contributed by atoms with Crippen molar-refractivity contribution in [3.63, 3.8) is 0 Å². The molecular formula is C13H11NO2S3. The molecule has 2 N–H and O–H groups in total. The molecule has 0 fully saturated rings. The number of hydrogen-bond acceptors (Lipinski definition) is 6. The van der Waals surface area contributed by atoms with Crippen LogP contribution >= 0.6 is 34.0 Å². The minimum atomic E-state index is -0.366. The van der Waals surface area contributed by atoms with Crippen molar-refractivity contribution in [3.8, 4) is 9.75 Å². The Morgan fingerprint density at radius 2 is 2.11 bits per heavy atom. The highest BCUT2D eigenvalue weighted by atomic mass is 32.1. The van der Waals surface area contributed by atoms with E-state index in [0.29, 0.717) is 10.6 Å². The molecule has 0 spiro atoms. The highest BCUT2D eigenvalue weighted by Crippen LogP contribution is 2.44. The minimum absolute atomic E-state index is 0.366. The van der Waals surface area contributed by atoms with E-state index in [4.69, 9.17) is 10.5 Å². The van der Waals surface area contributed by atoms with E-state index in [9.17, 15) is 4.79 Å². The quantitative estimate of drug-likeness (QED) is 0.715. The topological polar surface area (TPSA) is 52.3 Å². The van der Waals surface area contributed by atoms with Crippen LogP contribution in [0.4, 0.5) is 5.69 Å². The number of ether oxygens (including phenoxy) is 1. The molecule has 0 aromatic carbocycles. The summed E-state index contributed by atoms with van der Waals surface area (Å²) >= 11 is 4.85. The predicted molar refractivity (Wildman–Crippen MR) is 83.5 cm³/mol. The van der Waals surface area contributed by atoms with Gasteiger partial charge in [0.05, 0.1) is 17.7 Å². The molecular weight excluding hydrogens is 298 g/mol. The molecule has 3 rings (SSSR count). The summed E-state index contributed by atoms with van der Waals surface area (Å²) in [6.07, 6.45) is 0. The third-order valence-electron chi connectivity index (χ3n) is 2.93. The van der Waals surface area contributed by atoms with Crippen molar-refractivity contribution >= 4 is 55.1 Å². The van der Waals surface area contributed by atoms with E-state index in [1.807, 2.05) is 6.92 Å². The summed E-state index contributed by atoms with van der Waals surface area (Å²) in [6.45, 7) is 1.95. The van der Waals surface area contributed by atoms with E-state index in [1.54, 1.807) is 22.7 Å². The van der Waals surface area contributed by atoms with Gasteiger partial charge in [0.25, 0.3) is 0 Å². The molecule has 0 saturated carbocycles. The third kappa shape index (κ3) is 1.96. The van der Waals surface area contributed by atoms with Crippen LogP contribution in [0.15, 0.2) is 17.5 Å².